The van der Waals surface area contributed by atoms with Gasteiger partial charge in [0, 0.05) is 24.9 Å². The molecule has 1 amide bonds. The Labute approximate surface area is 122 Å². The third kappa shape index (κ3) is 3.80. The molecule has 2 atom stereocenters. The largest absolute Gasteiger partial charge is 0.391 e. The molecule has 1 aliphatic carbocycles. The molecule has 20 heavy (non-hydrogen) atoms. The van der Waals surface area contributed by atoms with Crippen LogP contribution >= 0.6 is 11.6 Å². The quantitative estimate of drug-likeness (QED) is 0.710. The molecular weight excluding hydrogens is 291 g/mol. The number of hydrogen-bond acceptors (Lipinski definition) is 1. The molecule has 2 aliphatic rings. The molecule has 1 aliphatic heterocycles. The van der Waals surface area contributed by atoms with Gasteiger partial charge in [-0.05, 0) is 38.0 Å². The summed E-state index contributed by atoms with van der Waals surface area (Å²) in [6, 6.07) is 0. The Morgan fingerprint density at radius 2 is 1.80 bits per heavy atom. The fourth-order valence-corrected chi connectivity index (χ4v) is 3.59. The van der Waals surface area contributed by atoms with E-state index in [1.54, 1.807) is 4.90 Å². The molecule has 0 radical (unpaired) electrons. The zero-order valence-corrected chi connectivity index (χ0v) is 12.2. The second kappa shape index (κ2) is 6.54. The molecule has 2 unspecified atom stereocenters. The van der Waals surface area contributed by atoms with Crippen LogP contribution in [-0.2, 0) is 4.79 Å². The Morgan fingerprint density at radius 1 is 1.15 bits per heavy atom. The van der Waals surface area contributed by atoms with Crippen molar-refractivity contribution < 1.29 is 18.0 Å². The molecular formula is C14H21ClF3NO. The van der Waals surface area contributed by atoms with Crippen molar-refractivity contribution in [2.24, 2.45) is 17.8 Å². The molecule has 1 saturated heterocycles. The second-order valence-electron chi connectivity index (χ2n) is 6.03. The first-order valence-corrected chi connectivity index (χ1v) is 7.86. The van der Waals surface area contributed by atoms with Crippen molar-refractivity contribution in [3.8, 4) is 0 Å². The average Bonchev–Trinajstić information content (AvgIpc) is 2.46. The first-order valence-electron chi connectivity index (χ1n) is 7.33. The number of piperidine rings is 1. The summed E-state index contributed by atoms with van der Waals surface area (Å²) in [5, 5.41) is 0. The highest BCUT2D eigenvalue weighted by Gasteiger charge is 2.44. The molecule has 116 valence electrons. The van der Waals surface area contributed by atoms with Crippen LogP contribution in [0.2, 0.25) is 0 Å². The van der Waals surface area contributed by atoms with Crippen LogP contribution in [0.4, 0.5) is 13.2 Å². The highest BCUT2D eigenvalue weighted by molar-refractivity contribution is 6.18. The molecule has 1 heterocycles. The van der Waals surface area contributed by atoms with Crippen molar-refractivity contribution in [3.05, 3.63) is 0 Å². The summed E-state index contributed by atoms with van der Waals surface area (Å²) in [5.74, 6) is -0.780. The van der Waals surface area contributed by atoms with Gasteiger partial charge in [-0.1, -0.05) is 6.42 Å². The third-order valence-corrected chi connectivity index (χ3v) is 5.07. The smallest absolute Gasteiger partial charge is 0.342 e. The van der Waals surface area contributed by atoms with Crippen molar-refractivity contribution in [1.29, 1.82) is 0 Å². The van der Waals surface area contributed by atoms with Gasteiger partial charge in [-0.15, -0.1) is 11.6 Å². The molecule has 0 aromatic heterocycles. The van der Waals surface area contributed by atoms with Crippen LogP contribution < -0.4 is 0 Å². The number of carbonyl (C=O) groups is 1. The minimum atomic E-state index is -4.16. The van der Waals surface area contributed by atoms with Gasteiger partial charge in [-0.3, -0.25) is 4.79 Å². The molecule has 2 nitrogen and oxygen atoms in total. The number of carbonyl (C=O) groups excluding carboxylic acids is 1. The van der Waals surface area contributed by atoms with Crippen LogP contribution in [0.15, 0.2) is 0 Å². The number of halogens is 4. The number of hydrogen-bond donors (Lipinski definition) is 0. The van der Waals surface area contributed by atoms with Gasteiger partial charge < -0.3 is 4.90 Å². The highest BCUT2D eigenvalue weighted by Crippen LogP contribution is 2.40. The van der Waals surface area contributed by atoms with Gasteiger partial charge in [0.25, 0.3) is 0 Å². The van der Waals surface area contributed by atoms with E-state index in [1.165, 1.54) is 0 Å². The van der Waals surface area contributed by atoms with E-state index in [4.69, 9.17) is 11.6 Å². The summed E-state index contributed by atoms with van der Waals surface area (Å²) < 4.78 is 38.3. The monoisotopic (exact) mass is 311 g/mol. The summed E-state index contributed by atoms with van der Waals surface area (Å²) >= 11 is 5.80. The van der Waals surface area contributed by atoms with Gasteiger partial charge in [0.05, 0.1) is 5.92 Å². The fraction of sp³-hybridized carbons (Fsp3) is 0.929. The van der Waals surface area contributed by atoms with Crippen molar-refractivity contribution in [2.45, 2.75) is 44.7 Å². The number of rotatable bonds is 2. The second-order valence-corrected chi connectivity index (χ2v) is 6.33. The number of likely N-dealkylation sites (tertiary alicyclic amines) is 1. The standard InChI is InChI=1S/C14H21ClF3NO/c15-9-10-4-6-19(7-5-10)13(20)11-2-1-3-12(8-11)14(16,17)18/h10-12H,1-9H2. The van der Waals surface area contributed by atoms with E-state index in [-0.39, 0.29) is 18.7 Å². The zero-order chi connectivity index (χ0) is 14.8. The number of nitrogens with zero attached hydrogens (tertiary/aromatic N) is 1. The van der Waals surface area contributed by atoms with Crippen molar-refractivity contribution >= 4 is 17.5 Å². The van der Waals surface area contributed by atoms with Gasteiger partial charge in [-0.25, -0.2) is 0 Å². The summed E-state index contributed by atoms with van der Waals surface area (Å²) in [7, 11) is 0. The summed E-state index contributed by atoms with van der Waals surface area (Å²) in [4.78, 5) is 14.1. The molecule has 0 spiro atoms. The summed E-state index contributed by atoms with van der Waals surface area (Å²) in [5.41, 5.74) is 0. The van der Waals surface area contributed by atoms with Crippen LogP contribution in [0.3, 0.4) is 0 Å². The Morgan fingerprint density at radius 3 is 2.35 bits per heavy atom. The Kier molecular flexibility index (Phi) is 5.21. The van der Waals surface area contributed by atoms with Gasteiger partial charge in [0.2, 0.25) is 5.91 Å². The topological polar surface area (TPSA) is 20.3 Å². The van der Waals surface area contributed by atoms with E-state index < -0.39 is 18.0 Å². The molecule has 2 fully saturated rings. The van der Waals surface area contributed by atoms with Gasteiger partial charge in [-0.2, -0.15) is 13.2 Å². The lowest BCUT2D eigenvalue weighted by atomic mass is 9.80. The average molecular weight is 312 g/mol. The van der Waals surface area contributed by atoms with E-state index in [9.17, 15) is 18.0 Å². The van der Waals surface area contributed by atoms with Crippen LogP contribution in [0.1, 0.15) is 38.5 Å². The minimum Gasteiger partial charge on any atom is -0.342 e. The van der Waals surface area contributed by atoms with Crippen LogP contribution in [-0.4, -0.2) is 36.0 Å². The fourth-order valence-electron chi connectivity index (χ4n) is 3.28. The Hall–Kier alpha value is -0.450. The molecule has 0 aromatic rings. The maximum Gasteiger partial charge on any atom is 0.391 e. The van der Waals surface area contributed by atoms with Gasteiger partial charge in [0.15, 0.2) is 0 Å². The van der Waals surface area contributed by atoms with E-state index in [2.05, 4.69) is 0 Å². The number of amides is 1. The highest BCUT2D eigenvalue weighted by atomic mass is 35.5. The number of alkyl halides is 4. The SMILES string of the molecule is O=C(C1CCCC(C(F)(F)F)C1)N1CCC(CCl)CC1. The predicted molar refractivity (Wildman–Crippen MR) is 71.5 cm³/mol. The van der Waals surface area contributed by atoms with E-state index >= 15 is 0 Å². The van der Waals surface area contributed by atoms with Crippen LogP contribution in [0.25, 0.3) is 0 Å². The van der Waals surface area contributed by atoms with Crippen LogP contribution in [0.5, 0.6) is 0 Å². The van der Waals surface area contributed by atoms with E-state index in [0.717, 1.165) is 12.8 Å². The summed E-state index contributed by atoms with van der Waals surface area (Å²) in [6.07, 6.45) is -1.20. The zero-order valence-electron chi connectivity index (χ0n) is 11.5. The predicted octanol–water partition coefficient (Wildman–Crippen LogP) is 3.83. The maximum atomic E-state index is 12.8. The normalized spacial score (nSPS) is 29.5. The van der Waals surface area contributed by atoms with Crippen molar-refractivity contribution in [2.75, 3.05) is 19.0 Å². The first kappa shape index (κ1) is 15.9. The van der Waals surface area contributed by atoms with E-state index in [0.29, 0.717) is 37.7 Å². The third-order valence-electron chi connectivity index (χ3n) is 4.63. The molecule has 0 bridgehead atoms. The van der Waals surface area contributed by atoms with E-state index in [1.807, 2.05) is 0 Å². The molecule has 6 heteroatoms. The molecule has 2 rings (SSSR count). The molecule has 0 N–H and O–H groups in total. The van der Waals surface area contributed by atoms with Crippen molar-refractivity contribution in [3.63, 3.8) is 0 Å². The lowest BCUT2D eigenvalue weighted by Gasteiger charge is -2.36. The molecule has 0 aromatic carbocycles. The van der Waals surface area contributed by atoms with Crippen LogP contribution in [0, 0.1) is 17.8 Å². The Balaban J connectivity index is 1.89. The maximum absolute atomic E-state index is 12.8. The Bertz CT molecular complexity index is 340. The lowest BCUT2D eigenvalue weighted by Crippen LogP contribution is -2.44. The summed E-state index contributed by atoms with van der Waals surface area (Å²) in [6.45, 7) is 1.28. The minimum absolute atomic E-state index is 0.0300. The lowest BCUT2D eigenvalue weighted by molar-refractivity contribution is -0.187. The van der Waals surface area contributed by atoms with Gasteiger partial charge in [0.1, 0.15) is 0 Å². The van der Waals surface area contributed by atoms with Crippen molar-refractivity contribution in [1.82, 2.24) is 4.90 Å². The molecule has 1 saturated carbocycles. The first-order chi connectivity index (χ1) is 9.41. The van der Waals surface area contributed by atoms with Gasteiger partial charge >= 0.3 is 6.18 Å².